The van der Waals surface area contributed by atoms with Crippen molar-refractivity contribution in [3.8, 4) is 33.4 Å². The minimum Gasteiger partial charge on any atom is -0.0836 e. The smallest absolute Gasteiger partial charge is 0.00234 e. The third kappa shape index (κ3) is 3.68. The van der Waals surface area contributed by atoms with Gasteiger partial charge >= 0.3 is 0 Å². The number of allylic oxidation sites excluding steroid dienone is 1. The van der Waals surface area contributed by atoms with Crippen LogP contribution in [0.1, 0.15) is 17.5 Å². The molecule has 0 atom stereocenters. The van der Waals surface area contributed by atoms with E-state index in [0.29, 0.717) is 0 Å². The maximum absolute atomic E-state index is 2.32. The Balaban J connectivity index is 1.34. The van der Waals surface area contributed by atoms with Crippen LogP contribution >= 0.6 is 0 Å². The molecule has 0 fully saturated rings. The Hall–Kier alpha value is -4.94. The molecule has 0 unspecified atom stereocenters. The number of fused-ring (bicyclic) bond motifs is 4. The van der Waals surface area contributed by atoms with Crippen LogP contribution in [-0.2, 0) is 6.42 Å². The third-order valence-electron chi connectivity index (χ3n) is 8.53. The molecule has 0 saturated heterocycles. The molecule has 8 rings (SSSR count). The first-order valence-electron chi connectivity index (χ1n) is 14.2. The predicted octanol–water partition coefficient (Wildman–Crippen LogP) is 11.1. The molecular formula is C40H28. The quantitative estimate of drug-likeness (QED) is 0.208. The highest BCUT2D eigenvalue weighted by Crippen LogP contribution is 2.45. The second kappa shape index (κ2) is 9.36. The minimum absolute atomic E-state index is 1.09. The van der Waals surface area contributed by atoms with Gasteiger partial charge in [-0.1, -0.05) is 140 Å². The summed E-state index contributed by atoms with van der Waals surface area (Å²) in [4.78, 5) is 0. The van der Waals surface area contributed by atoms with Gasteiger partial charge in [0.05, 0.1) is 0 Å². The van der Waals surface area contributed by atoms with E-state index in [1.54, 1.807) is 0 Å². The molecule has 0 saturated carbocycles. The lowest BCUT2D eigenvalue weighted by molar-refractivity contribution is 0.988. The SMILES string of the molecule is C1=Cc2cccc(-c3c4ccccc4c(-c4ccc(-c5ccc6ccccc6c5)cc4)c4ccccc34)c2CC1. The molecule has 0 amide bonds. The van der Waals surface area contributed by atoms with Crippen molar-refractivity contribution < 1.29 is 0 Å². The van der Waals surface area contributed by atoms with Gasteiger partial charge in [0.25, 0.3) is 0 Å². The molecule has 0 heteroatoms. The van der Waals surface area contributed by atoms with Gasteiger partial charge in [-0.2, -0.15) is 0 Å². The van der Waals surface area contributed by atoms with Gasteiger partial charge in [0, 0.05) is 0 Å². The second-order valence-electron chi connectivity index (χ2n) is 10.8. The summed E-state index contributed by atoms with van der Waals surface area (Å²) in [6, 6.07) is 49.2. The van der Waals surface area contributed by atoms with Gasteiger partial charge in [0.2, 0.25) is 0 Å². The lowest BCUT2D eigenvalue weighted by atomic mass is 9.82. The maximum Gasteiger partial charge on any atom is -0.00234 e. The van der Waals surface area contributed by atoms with E-state index in [1.165, 1.54) is 76.8 Å². The van der Waals surface area contributed by atoms with E-state index in [0.717, 1.165) is 12.8 Å². The normalized spacial score (nSPS) is 12.7. The summed E-state index contributed by atoms with van der Waals surface area (Å²) in [7, 11) is 0. The first-order valence-corrected chi connectivity index (χ1v) is 14.2. The van der Waals surface area contributed by atoms with Crippen LogP contribution in [0, 0.1) is 0 Å². The number of hydrogen-bond donors (Lipinski definition) is 0. The Labute approximate surface area is 234 Å². The molecule has 0 N–H and O–H groups in total. The fraction of sp³-hybridized carbons (Fsp3) is 0.0500. The Morgan fingerprint density at radius 1 is 0.425 bits per heavy atom. The van der Waals surface area contributed by atoms with Crippen LogP contribution in [-0.4, -0.2) is 0 Å². The summed E-state index contributed by atoms with van der Waals surface area (Å²) in [5.41, 5.74) is 10.6. The second-order valence-corrected chi connectivity index (χ2v) is 10.8. The molecular weight excluding hydrogens is 480 g/mol. The highest BCUT2D eigenvalue weighted by Gasteiger charge is 2.19. The number of hydrogen-bond acceptors (Lipinski definition) is 0. The Morgan fingerprint density at radius 3 is 1.75 bits per heavy atom. The van der Waals surface area contributed by atoms with Crippen molar-refractivity contribution in [2.24, 2.45) is 0 Å². The van der Waals surface area contributed by atoms with Crippen LogP contribution < -0.4 is 0 Å². The first-order chi connectivity index (χ1) is 19.8. The zero-order valence-electron chi connectivity index (χ0n) is 22.3. The van der Waals surface area contributed by atoms with Crippen molar-refractivity contribution in [1.82, 2.24) is 0 Å². The van der Waals surface area contributed by atoms with Crippen LogP contribution in [0.3, 0.4) is 0 Å². The molecule has 0 radical (unpaired) electrons. The van der Waals surface area contributed by atoms with Crippen LogP contribution in [0.4, 0.5) is 0 Å². The van der Waals surface area contributed by atoms with Crippen molar-refractivity contribution in [3.05, 3.63) is 151 Å². The molecule has 0 aliphatic heterocycles. The Bertz CT molecular complexity index is 2030. The molecule has 7 aromatic carbocycles. The fourth-order valence-electron chi connectivity index (χ4n) is 6.64. The highest BCUT2D eigenvalue weighted by atomic mass is 14.2. The lowest BCUT2D eigenvalue weighted by Gasteiger charge is -2.21. The molecule has 40 heavy (non-hydrogen) atoms. The molecule has 188 valence electrons. The van der Waals surface area contributed by atoms with E-state index in [1.807, 2.05) is 0 Å². The molecule has 1 aliphatic rings. The van der Waals surface area contributed by atoms with Gasteiger partial charge in [0.1, 0.15) is 0 Å². The van der Waals surface area contributed by atoms with E-state index in [9.17, 15) is 0 Å². The highest BCUT2D eigenvalue weighted by molar-refractivity contribution is 6.21. The first kappa shape index (κ1) is 23.0. The number of rotatable bonds is 3. The van der Waals surface area contributed by atoms with E-state index in [-0.39, 0.29) is 0 Å². The van der Waals surface area contributed by atoms with E-state index in [2.05, 4.69) is 146 Å². The van der Waals surface area contributed by atoms with Gasteiger partial charge in [-0.15, -0.1) is 0 Å². The van der Waals surface area contributed by atoms with Gasteiger partial charge in [0.15, 0.2) is 0 Å². The van der Waals surface area contributed by atoms with Gasteiger partial charge in [-0.3, -0.25) is 0 Å². The zero-order chi connectivity index (χ0) is 26.5. The van der Waals surface area contributed by atoms with Crippen LogP contribution in [0.15, 0.2) is 140 Å². The Kier molecular flexibility index (Phi) is 5.38. The average molecular weight is 509 g/mol. The summed E-state index contributed by atoms with van der Waals surface area (Å²) >= 11 is 0. The predicted molar refractivity (Wildman–Crippen MR) is 173 cm³/mol. The van der Waals surface area contributed by atoms with Crippen molar-refractivity contribution in [3.63, 3.8) is 0 Å². The van der Waals surface area contributed by atoms with E-state index in [4.69, 9.17) is 0 Å². The van der Waals surface area contributed by atoms with Crippen molar-refractivity contribution in [2.75, 3.05) is 0 Å². The standard InChI is InChI=1S/C40H28/c1-2-12-31-26-32(25-22-27(31)10-1)28-20-23-30(24-21-28)39-35-15-5-7-17-37(35)40(38-18-8-6-16-36(38)39)34-19-9-13-29-11-3-4-14-33(29)34/h1-3,5-13,15-26H,4,14H2. The monoisotopic (exact) mass is 508 g/mol. The summed E-state index contributed by atoms with van der Waals surface area (Å²) in [5, 5.41) is 7.79. The van der Waals surface area contributed by atoms with E-state index >= 15 is 0 Å². The molecule has 0 aromatic heterocycles. The molecule has 0 heterocycles. The topological polar surface area (TPSA) is 0 Å². The molecule has 7 aromatic rings. The van der Waals surface area contributed by atoms with Crippen molar-refractivity contribution >= 4 is 38.4 Å². The zero-order valence-corrected chi connectivity index (χ0v) is 22.3. The Morgan fingerprint density at radius 2 is 1.02 bits per heavy atom. The molecule has 0 bridgehead atoms. The van der Waals surface area contributed by atoms with Gasteiger partial charge < -0.3 is 0 Å². The lowest BCUT2D eigenvalue weighted by Crippen LogP contribution is -1.99. The van der Waals surface area contributed by atoms with Crippen LogP contribution in [0.25, 0.3) is 71.8 Å². The minimum atomic E-state index is 1.09. The fourth-order valence-corrected chi connectivity index (χ4v) is 6.64. The summed E-state index contributed by atoms with van der Waals surface area (Å²) < 4.78 is 0. The maximum atomic E-state index is 2.32. The summed E-state index contributed by atoms with van der Waals surface area (Å²) in [6.45, 7) is 0. The molecule has 0 spiro atoms. The van der Waals surface area contributed by atoms with Crippen molar-refractivity contribution in [1.29, 1.82) is 0 Å². The average Bonchev–Trinajstić information content (AvgIpc) is 3.03. The molecule has 0 nitrogen and oxygen atoms in total. The number of benzene rings is 7. The third-order valence-corrected chi connectivity index (χ3v) is 8.53. The summed E-state index contributed by atoms with van der Waals surface area (Å²) in [5.74, 6) is 0. The van der Waals surface area contributed by atoms with Crippen LogP contribution in [0.5, 0.6) is 0 Å². The largest absolute Gasteiger partial charge is 0.0836 e. The van der Waals surface area contributed by atoms with E-state index < -0.39 is 0 Å². The van der Waals surface area contributed by atoms with Crippen LogP contribution in [0.2, 0.25) is 0 Å². The van der Waals surface area contributed by atoms with Crippen molar-refractivity contribution in [2.45, 2.75) is 12.8 Å². The van der Waals surface area contributed by atoms with Gasteiger partial charge in [-0.25, -0.2) is 0 Å². The molecule has 1 aliphatic carbocycles. The summed E-state index contributed by atoms with van der Waals surface area (Å²) in [6.07, 6.45) is 6.77. The van der Waals surface area contributed by atoms with Gasteiger partial charge in [-0.05, 0) is 95.7 Å².